The van der Waals surface area contributed by atoms with Crippen molar-refractivity contribution in [2.45, 2.75) is 26.2 Å². The topological polar surface area (TPSA) is 50.3 Å². The Balaban J connectivity index is 1.72. The zero-order valence-corrected chi connectivity index (χ0v) is 16.9. The van der Waals surface area contributed by atoms with E-state index in [1.165, 1.54) is 12.3 Å². The molecule has 1 amide bonds. The molecular formula is C24H22F2N2O2. The Morgan fingerprint density at radius 2 is 1.77 bits per heavy atom. The zero-order valence-electron chi connectivity index (χ0n) is 16.9. The molecule has 4 nitrogen and oxygen atoms in total. The van der Waals surface area contributed by atoms with Crippen LogP contribution in [0.1, 0.15) is 35.7 Å². The highest BCUT2D eigenvalue weighted by molar-refractivity contribution is 5.96. The van der Waals surface area contributed by atoms with E-state index in [1.807, 2.05) is 0 Å². The van der Waals surface area contributed by atoms with Gasteiger partial charge in [0, 0.05) is 48.5 Å². The molecule has 1 heterocycles. The summed E-state index contributed by atoms with van der Waals surface area (Å²) < 4.78 is 28.3. The van der Waals surface area contributed by atoms with Gasteiger partial charge in [0.25, 0.3) is 0 Å². The summed E-state index contributed by atoms with van der Waals surface area (Å²) in [5.74, 6) is -1.39. The highest BCUT2D eigenvalue weighted by Gasteiger charge is 2.14. The van der Waals surface area contributed by atoms with Crippen molar-refractivity contribution >= 4 is 17.4 Å². The normalized spacial score (nSPS) is 10.7. The van der Waals surface area contributed by atoms with Crippen LogP contribution in [0.4, 0.5) is 14.5 Å². The van der Waals surface area contributed by atoms with E-state index in [0.29, 0.717) is 23.1 Å². The van der Waals surface area contributed by atoms with Crippen LogP contribution in [0.5, 0.6) is 0 Å². The Morgan fingerprint density at radius 1 is 1.03 bits per heavy atom. The highest BCUT2D eigenvalue weighted by atomic mass is 19.1. The first-order valence-electron chi connectivity index (χ1n) is 9.69. The number of rotatable bonds is 7. The van der Waals surface area contributed by atoms with Crippen LogP contribution in [-0.2, 0) is 11.2 Å². The number of halogens is 2. The molecule has 0 spiro atoms. The molecule has 0 atom stereocenters. The maximum absolute atomic E-state index is 14.7. The molecule has 0 aliphatic carbocycles. The first kappa shape index (κ1) is 21.3. The minimum absolute atomic E-state index is 0.0111. The molecule has 0 unspecified atom stereocenters. The fourth-order valence-electron chi connectivity index (χ4n) is 3.17. The summed E-state index contributed by atoms with van der Waals surface area (Å²) in [7, 11) is 1.69. The molecule has 0 bridgehead atoms. The van der Waals surface area contributed by atoms with Gasteiger partial charge in [-0.1, -0.05) is 37.3 Å². The number of hydrogen-bond donors (Lipinski definition) is 0. The van der Waals surface area contributed by atoms with Crippen molar-refractivity contribution in [2.24, 2.45) is 0 Å². The molecule has 3 aromatic rings. The van der Waals surface area contributed by atoms with E-state index >= 15 is 0 Å². The largest absolute Gasteiger partial charge is 0.316 e. The molecule has 0 saturated carbocycles. The molecule has 0 N–H and O–H groups in total. The minimum Gasteiger partial charge on any atom is -0.316 e. The number of benzene rings is 2. The van der Waals surface area contributed by atoms with E-state index in [1.54, 1.807) is 67.4 Å². The fourth-order valence-corrected chi connectivity index (χ4v) is 3.17. The van der Waals surface area contributed by atoms with Gasteiger partial charge in [0.15, 0.2) is 5.78 Å². The van der Waals surface area contributed by atoms with Gasteiger partial charge in [-0.25, -0.2) is 9.37 Å². The maximum Gasteiger partial charge on any atom is 0.226 e. The van der Waals surface area contributed by atoms with Crippen molar-refractivity contribution in [3.05, 3.63) is 83.7 Å². The summed E-state index contributed by atoms with van der Waals surface area (Å²) in [6, 6.07) is 14.5. The molecule has 1 aromatic heterocycles. The summed E-state index contributed by atoms with van der Waals surface area (Å²) in [6.45, 7) is 1.79. The monoisotopic (exact) mass is 408 g/mol. The summed E-state index contributed by atoms with van der Waals surface area (Å²) in [5.41, 5.74) is 2.33. The van der Waals surface area contributed by atoms with Gasteiger partial charge in [-0.3, -0.25) is 9.59 Å². The number of Topliss-reactive ketones (excluding diaryl/α,β-unsaturated/α-hetero) is 1. The van der Waals surface area contributed by atoms with Crippen LogP contribution in [-0.4, -0.2) is 23.7 Å². The van der Waals surface area contributed by atoms with Crippen molar-refractivity contribution in [1.82, 2.24) is 4.98 Å². The van der Waals surface area contributed by atoms with E-state index in [9.17, 15) is 18.4 Å². The minimum atomic E-state index is -0.596. The molecule has 3 rings (SSSR count). The molecule has 6 heteroatoms. The third-order valence-electron chi connectivity index (χ3n) is 4.99. The molecule has 0 radical (unpaired) electrons. The first-order valence-corrected chi connectivity index (χ1v) is 9.69. The van der Waals surface area contributed by atoms with Gasteiger partial charge in [0.05, 0.1) is 0 Å². The predicted molar refractivity (Wildman–Crippen MR) is 112 cm³/mol. The average molecular weight is 408 g/mol. The number of carbonyl (C=O) groups is 2. The van der Waals surface area contributed by atoms with Crippen LogP contribution < -0.4 is 4.90 Å². The van der Waals surface area contributed by atoms with Crippen molar-refractivity contribution in [1.29, 1.82) is 0 Å². The fraction of sp³-hybridized carbons (Fsp3) is 0.208. The van der Waals surface area contributed by atoms with Crippen LogP contribution in [0, 0.1) is 11.8 Å². The van der Waals surface area contributed by atoms with Crippen molar-refractivity contribution in [2.75, 3.05) is 11.9 Å². The van der Waals surface area contributed by atoms with Gasteiger partial charge < -0.3 is 4.90 Å². The molecule has 0 aliphatic rings. The number of hydrogen-bond acceptors (Lipinski definition) is 3. The maximum atomic E-state index is 14.7. The second-order valence-electron chi connectivity index (χ2n) is 6.92. The second-order valence-corrected chi connectivity index (χ2v) is 6.92. The number of aromatic nitrogens is 1. The van der Waals surface area contributed by atoms with Crippen molar-refractivity contribution in [3.63, 3.8) is 0 Å². The number of amides is 1. The zero-order chi connectivity index (χ0) is 21.7. The van der Waals surface area contributed by atoms with E-state index < -0.39 is 11.8 Å². The first-order chi connectivity index (χ1) is 14.4. The standard InChI is InChI=1S/C24H22F2N2O2/c1-3-23(30)28(2)19-10-6-16(7-11-19)20-12-8-18(15-21(20)25)22(29)13-9-17-5-4-14-27-24(17)26/h4-8,10-12,14-15H,3,9,13H2,1-2H3. The van der Waals surface area contributed by atoms with Crippen LogP contribution >= 0.6 is 0 Å². The molecule has 30 heavy (non-hydrogen) atoms. The smallest absolute Gasteiger partial charge is 0.226 e. The van der Waals surface area contributed by atoms with Crippen LogP contribution in [0.3, 0.4) is 0 Å². The molecule has 2 aromatic carbocycles. The number of nitrogens with zero attached hydrogens (tertiary/aromatic N) is 2. The molecule has 0 saturated heterocycles. The average Bonchev–Trinajstić information content (AvgIpc) is 2.77. The molecule has 0 aliphatic heterocycles. The Labute approximate surface area is 174 Å². The highest BCUT2D eigenvalue weighted by Crippen LogP contribution is 2.27. The number of aryl methyl sites for hydroxylation is 1. The van der Waals surface area contributed by atoms with Gasteiger partial charge in [-0.05, 0) is 36.2 Å². The van der Waals surface area contributed by atoms with Gasteiger partial charge in [0.1, 0.15) is 5.82 Å². The predicted octanol–water partition coefficient (Wildman–Crippen LogP) is 5.22. The second kappa shape index (κ2) is 9.39. The number of carbonyl (C=O) groups excluding carboxylic acids is 2. The van der Waals surface area contributed by atoms with Gasteiger partial charge in [0.2, 0.25) is 11.9 Å². The summed E-state index contributed by atoms with van der Waals surface area (Å²) in [5, 5.41) is 0. The lowest BCUT2D eigenvalue weighted by atomic mass is 9.99. The Kier molecular flexibility index (Phi) is 6.67. The van der Waals surface area contributed by atoms with Crippen LogP contribution in [0.25, 0.3) is 11.1 Å². The van der Waals surface area contributed by atoms with E-state index in [2.05, 4.69) is 4.98 Å². The molecule has 0 fully saturated rings. The SMILES string of the molecule is CCC(=O)N(C)c1ccc(-c2ccc(C(=O)CCc3cccnc3F)cc2F)cc1. The third-order valence-corrected chi connectivity index (χ3v) is 4.99. The lowest BCUT2D eigenvalue weighted by molar-refractivity contribution is -0.118. The molecule has 154 valence electrons. The lowest BCUT2D eigenvalue weighted by Crippen LogP contribution is -2.24. The summed E-state index contributed by atoms with van der Waals surface area (Å²) in [4.78, 5) is 29.3. The summed E-state index contributed by atoms with van der Waals surface area (Å²) >= 11 is 0. The third kappa shape index (κ3) is 4.76. The van der Waals surface area contributed by atoms with Crippen molar-refractivity contribution < 1.29 is 18.4 Å². The number of ketones is 1. The Hall–Kier alpha value is -3.41. The quantitative estimate of drug-likeness (QED) is 0.398. The van der Waals surface area contributed by atoms with Gasteiger partial charge >= 0.3 is 0 Å². The van der Waals surface area contributed by atoms with Crippen LogP contribution in [0.15, 0.2) is 60.8 Å². The van der Waals surface area contributed by atoms with E-state index in [0.717, 1.165) is 5.69 Å². The number of anilines is 1. The Morgan fingerprint density at radius 3 is 2.40 bits per heavy atom. The van der Waals surface area contributed by atoms with Crippen molar-refractivity contribution in [3.8, 4) is 11.1 Å². The molecular weight excluding hydrogens is 386 g/mol. The van der Waals surface area contributed by atoms with Crippen LogP contribution in [0.2, 0.25) is 0 Å². The summed E-state index contributed by atoms with van der Waals surface area (Å²) in [6.07, 6.45) is 2.01. The van der Waals surface area contributed by atoms with E-state index in [-0.39, 0.29) is 30.1 Å². The lowest BCUT2D eigenvalue weighted by Gasteiger charge is -2.17. The Bertz CT molecular complexity index is 1070. The number of pyridine rings is 1. The van der Waals surface area contributed by atoms with Gasteiger partial charge in [-0.2, -0.15) is 4.39 Å². The van der Waals surface area contributed by atoms with E-state index in [4.69, 9.17) is 0 Å². The van der Waals surface area contributed by atoms with Gasteiger partial charge in [-0.15, -0.1) is 0 Å².